The fourth-order valence-corrected chi connectivity index (χ4v) is 4.47. The first kappa shape index (κ1) is 28.1. The molecule has 0 bridgehead atoms. The highest BCUT2D eigenvalue weighted by atomic mass is 16.5. The van der Waals surface area contributed by atoms with Crippen molar-refractivity contribution < 1.29 is 29.0 Å². The van der Waals surface area contributed by atoms with E-state index in [1.807, 2.05) is 24.0 Å². The van der Waals surface area contributed by atoms with Crippen LogP contribution in [0.15, 0.2) is 67.0 Å². The molecule has 1 aliphatic rings. The van der Waals surface area contributed by atoms with Crippen molar-refractivity contribution in [2.45, 2.75) is 19.4 Å². The van der Waals surface area contributed by atoms with Gasteiger partial charge in [0.25, 0.3) is 11.8 Å². The summed E-state index contributed by atoms with van der Waals surface area (Å²) < 4.78 is 4.82. The van der Waals surface area contributed by atoms with Crippen molar-refractivity contribution >= 4 is 35.3 Å². The summed E-state index contributed by atoms with van der Waals surface area (Å²) >= 11 is 0. The van der Waals surface area contributed by atoms with Crippen LogP contribution in [0.4, 0.5) is 16.2 Å². The number of carboxylic acids is 1. The number of rotatable bonds is 8. The highest BCUT2D eigenvalue weighted by Gasteiger charge is 2.25. The van der Waals surface area contributed by atoms with Crippen molar-refractivity contribution in [1.29, 1.82) is 0 Å². The summed E-state index contributed by atoms with van der Waals surface area (Å²) in [5, 5.41) is 15.2. The van der Waals surface area contributed by atoms with Gasteiger partial charge in [-0.2, -0.15) is 0 Å². The van der Waals surface area contributed by atoms with Crippen LogP contribution in [0.2, 0.25) is 0 Å². The Bertz CT molecular complexity index is 1370. The fourth-order valence-electron chi connectivity index (χ4n) is 4.47. The number of anilines is 2. The molecule has 4 rings (SSSR count). The molecule has 0 radical (unpaired) electrons. The van der Waals surface area contributed by atoms with Crippen LogP contribution < -0.4 is 15.5 Å². The number of hydrogen-bond acceptors (Lipinski definition) is 7. The molecule has 1 aliphatic heterocycles. The lowest BCUT2D eigenvalue weighted by Gasteiger charge is -2.36. The van der Waals surface area contributed by atoms with Crippen molar-refractivity contribution in [3.63, 3.8) is 0 Å². The maximum atomic E-state index is 13.3. The number of piperazine rings is 1. The molecular weight excluding hydrogens is 514 g/mol. The molecule has 40 heavy (non-hydrogen) atoms. The molecule has 1 saturated heterocycles. The minimum atomic E-state index is -1.04. The molecule has 0 saturated carbocycles. The Labute approximate surface area is 231 Å². The summed E-state index contributed by atoms with van der Waals surface area (Å²) in [4.78, 5) is 57.4. The van der Waals surface area contributed by atoms with E-state index in [9.17, 15) is 24.3 Å². The lowest BCUT2D eigenvalue weighted by atomic mass is 10.0. The minimum Gasteiger partial charge on any atom is -0.481 e. The number of carboxylic acid groups (broad SMARTS) is 1. The van der Waals surface area contributed by atoms with Gasteiger partial charge in [-0.05, 0) is 42.8 Å². The average molecular weight is 546 g/mol. The number of aryl methyl sites for hydroxylation is 1. The first-order valence-corrected chi connectivity index (χ1v) is 12.8. The van der Waals surface area contributed by atoms with Crippen molar-refractivity contribution in [3.05, 3.63) is 89.2 Å². The smallest absolute Gasteiger partial charge is 0.409 e. The SMILES string of the molecule is COC(=O)N1CCN(c2ccc(C(=O)NC(CC(=O)O)c3ccc(C)cc3)cc2NC(=O)c2cccnc2)CC1. The van der Waals surface area contributed by atoms with Gasteiger partial charge >= 0.3 is 12.1 Å². The second kappa shape index (κ2) is 12.7. The summed E-state index contributed by atoms with van der Waals surface area (Å²) in [5.74, 6) is -1.92. The molecule has 2 aromatic carbocycles. The van der Waals surface area contributed by atoms with Crippen LogP contribution in [0.5, 0.6) is 0 Å². The number of carbonyl (C=O) groups is 4. The van der Waals surface area contributed by atoms with E-state index in [1.54, 1.807) is 53.6 Å². The van der Waals surface area contributed by atoms with Gasteiger partial charge in [0.15, 0.2) is 0 Å². The van der Waals surface area contributed by atoms with E-state index in [0.717, 1.165) is 5.56 Å². The summed E-state index contributed by atoms with van der Waals surface area (Å²) in [5.41, 5.74) is 3.37. The number of benzene rings is 2. The Morgan fingerprint density at radius 2 is 1.70 bits per heavy atom. The van der Waals surface area contributed by atoms with Gasteiger partial charge in [0.2, 0.25) is 0 Å². The van der Waals surface area contributed by atoms with Gasteiger partial charge in [0, 0.05) is 44.1 Å². The van der Waals surface area contributed by atoms with Crippen LogP contribution in [-0.2, 0) is 9.53 Å². The van der Waals surface area contributed by atoms with E-state index >= 15 is 0 Å². The summed E-state index contributed by atoms with van der Waals surface area (Å²) in [7, 11) is 1.34. The lowest BCUT2D eigenvalue weighted by molar-refractivity contribution is -0.137. The zero-order valence-corrected chi connectivity index (χ0v) is 22.3. The Morgan fingerprint density at radius 1 is 0.975 bits per heavy atom. The van der Waals surface area contributed by atoms with E-state index in [1.165, 1.54) is 13.3 Å². The monoisotopic (exact) mass is 545 g/mol. The topological polar surface area (TPSA) is 141 Å². The standard InChI is InChI=1S/C29H31N5O6/c1-19-5-7-20(8-6-19)23(17-26(35)36)31-27(37)21-9-10-25(33-12-14-34(15-13-33)29(39)40-2)24(16-21)32-28(38)22-4-3-11-30-18-22/h3-11,16,18,23H,12-15,17H2,1-2H3,(H,31,37)(H,32,38)(H,35,36). The molecule has 11 nitrogen and oxygen atoms in total. The van der Waals surface area contributed by atoms with Gasteiger partial charge < -0.3 is 30.3 Å². The Balaban J connectivity index is 1.60. The van der Waals surface area contributed by atoms with Crippen molar-refractivity contribution in [1.82, 2.24) is 15.2 Å². The molecule has 3 aromatic rings. The Morgan fingerprint density at radius 3 is 2.33 bits per heavy atom. The predicted octanol–water partition coefficient (Wildman–Crippen LogP) is 3.48. The number of nitrogens with one attached hydrogen (secondary N) is 2. The number of aromatic nitrogens is 1. The van der Waals surface area contributed by atoms with E-state index in [4.69, 9.17) is 4.74 Å². The molecule has 0 aliphatic carbocycles. The highest BCUT2D eigenvalue weighted by Crippen LogP contribution is 2.30. The zero-order chi connectivity index (χ0) is 28.6. The average Bonchev–Trinajstić information content (AvgIpc) is 2.97. The van der Waals surface area contributed by atoms with Crippen LogP contribution in [0.3, 0.4) is 0 Å². The summed E-state index contributed by atoms with van der Waals surface area (Å²) in [6.45, 7) is 3.76. The summed E-state index contributed by atoms with van der Waals surface area (Å²) in [6.07, 6.45) is 2.32. The third kappa shape index (κ3) is 6.93. The van der Waals surface area contributed by atoms with Crippen LogP contribution in [-0.4, -0.2) is 72.2 Å². The third-order valence-corrected chi connectivity index (χ3v) is 6.65. The van der Waals surface area contributed by atoms with Crippen LogP contribution in [0, 0.1) is 6.92 Å². The molecule has 3 amide bonds. The first-order valence-electron chi connectivity index (χ1n) is 12.8. The molecule has 3 N–H and O–H groups in total. The van der Waals surface area contributed by atoms with Gasteiger partial charge in [-0.15, -0.1) is 0 Å². The number of carbonyl (C=O) groups excluding carboxylic acids is 3. The minimum absolute atomic E-state index is 0.251. The van der Waals surface area contributed by atoms with Crippen LogP contribution >= 0.6 is 0 Å². The third-order valence-electron chi connectivity index (χ3n) is 6.65. The molecule has 2 heterocycles. The van der Waals surface area contributed by atoms with Crippen molar-refractivity contribution in [3.8, 4) is 0 Å². The Hall–Kier alpha value is -4.93. The normalized spacial score (nSPS) is 13.8. The fraction of sp³-hybridized carbons (Fsp3) is 0.276. The maximum absolute atomic E-state index is 13.3. The molecule has 1 aromatic heterocycles. The van der Waals surface area contributed by atoms with Crippen LogP contribution in [0.1, 0.15) is 44.3 Å². The molecule has 1 fully saturated rings. The molecule has 1 unspecified atom stereocenters. The van der Waals surface area contributed by atoms with Crippen molar-refractivity contribution in [2.24, 2.45) is 0 Å². The lowest BCUT2D eigenvalue weighted by Crippen LogP contribution is -2.49. The number of methoxy groups -OCH3 is 1. The number of pyridine rings is 1. The first-order chi connectivity index (χ1) is 19.2. The second-order valence-corrected chi connectivity index (χ2v) is 9.41. The van der Waals surface area contributed by atoms with E-state index < -0.39 is 29.9 Å². The van der Waals surface area contributed by atoms with Gasteiger partial charge in [-0.3, -0.25) is 19.4 Å². The predicted molar refractivity (Wildman–Crippen MR) is 148 cm³/mol. The number of ether oxygens (including phenoxy) is 1. The second-order valence-electron chi connectivity index (χ2n) is 9.41. The van der Waals surface area contributed by atoms with Gasteiger partial charge in [0.05, 0.1) is 36.5 Å². The molecule has 1 atom stereocenters. The Kier molecular flexibility index (Phi) is 8.95. The van der Waals surface area contributed by atoms with E-state index in [-0.39, 0.29) is 12.0 Å². The van der Waals surface area contributed by atoms with E-state index in [0.29, 0.717) is 48.7 Å². The van der Waals surface area contributed by atoms with Gasteiger partial charge in [-0.25, -0.2) is 4.79 Å². The van der Waals surface area contributed by atoms with Gasteiger partial charge in [0.1, 0.15) is 0 Å². The molecule has 11 heteroatoms. The number of nitrogens with zero attached hydrogens (tertiary/aromatic N) is 3. The molecule has 0 spiro atoms. The number of aliphatic carboxylic acids is 1. The van der Waals surface area contributed by atoms with Gasteiger partial charge in [-0.1, -0.05) is 29.8 Å². The maximum Gasteiger partial charge on any atom is 0.409 e. The molecule has 208 valence electrons. The van der Waals surface area contributed by atoms with Crippen molar-refractivity contribution in [2.75, 3.05) is 43.5 Å². The zero-order valence-electron chi connectivity index (χ0n) is 22.3. The molecular formula is C29H31N5O6. The highest BCUT2D eigenvalue weighted by molar-refractivity contribution is 6.07. The summed E-state index contributed by atoms with van der Waals surface area (Å²) in [6, 6.07) is 14.8. The quantitative estimate of drug-likeness (QED) is 0.391. The van der Waals surface area contributed by atoms with Crippen LogP contribution in [0.25, 0.3) is 0 Å². The largest absolute Gasteiger partial charge is 0.481 e. The number of amides is 3. The van der Waals surface area contributed by atoms with E-state index in [2.05, 4.69) is 15.6 Å². The number of hydrogen-bond donors (Lipinski definition) is 3.